The Bertz CT molecular complexity index is 1010. The van der Waals surface area contributed by atoms with Crippen LogP contribution in [0.5, 0.6) is 11.5 Å². The highest BCUT2D eigenvalue weighted by Crippen LogP contribution is 2.32. The van der Waals surface area contributed by atoms with Crippen LogP contribution in [0.25, 0.3) is 0 Å². The lowest BCUT2D eigenvalue weighted by molar-refractivity contribution is -0.0999. The minimum Gasteiger partial charge on any atom is -0.489 e. The fraction of sp³-hybridized carbons (Fsp3) is 0.379. The molecule has 0 saturated carbocycles. The highest BCUT2D eigenvalue weighted by molar-refractivity contribution is 5.32. The first kappa shape index (κ1) is 24.3. The molecule has 1 aliphatic heterocycles. The SMILES string of the molecule is Cc1ccc(CC2(O)CCNC(CCCO)C2Oc2ccc(OCc3ccccc3)cc2)cc1. The van der Waals surface area contributed by atoms with Gasteiger partial charge in [-0.2, -0.15) is 0 Å². The van der Waals surface area contributed by atoms with Gasteiger partial charge < -0.3 is 25.0 Å². The van der Waals surface area contributed by atoms with Gasteiger partial charge in [0.05, 0.1) is 0 Å². The molecule has 0 bridgehead atoms. The molecule has 1 aliphatic rings. The molecule has 34 heavy (non-hydrogen) atoms. The van der Waals surface area contributed by atoms with Gasteiger partial charge in [0.2, 0.25) is 0 Å². The van der Waals surface area contributed by atoms with Crippen LogP contribution in [0.4, 0.5) is 0 Å². The molecule has 3 unspecified atom stereocenters. The van der Waals surface area contributed by atoms with Crippen molar-refractivity contribution in [3.8, 4) is 11.5 Å². The Hall–Kier alpha value is -2.86. The Morgan fingerprint density at radius 2 is 1.62 bits per heavy atom. The lowest BCUT2D eigenvalue weighted by atomic mass is 9.78. The van der Waals surface area contributed by atoms with Crippen LogP contribution in [0.2, 0.25) is 0 Å². The van der Waals surface area contributed by atoms with Gasteiger partial charge in [-0.1, -0.05) is 60.2 Å². The molecule has 0 radical (unpaired) electrons. The van der Waals surface area contributed by atoms with Gasteiger partial charge in [-0.15, -0.1) is 0 Å². The first-order valence-corrected chi connectivity index (χ1v) is 12.1. The highest BCUT2D eigenvalue weighted by Gasteiger charge is 2.46. The zero-order valence-corrected chi connectivity index (χ0v) is 19.8. The first-order chi connectivity index (χ1) is 16.6. The number of aliphatic hydroxyl groups is 2. The number of aryl methyl sites for hydroxylation is 1. The Labute approximate surface area is 202 Å². The van der Waals surface area contributed by atoms with Crippen molar-refractivity contribution in [2.24, 2.45) is 0 Å². The first-order valence-electron chi connectivity index (χ1n) is 12.1. The molecular weight excluding hydrogens is 426 g/mol. The molecule has 0 spiro atoms. The van der Waals surface area contributed by atoms with E-state index >= 15 is 0 Å². The van der Waals surface area contributed by atoms with Crippen LogP contribution in [0, 0.1) is 6.92 Å². The molecule has 1 heterocycles. The molecule has 5 nitrogen and oxygen atoms in total. The highest BCUT2D eigenvalue weighted by atomic mass is 16.5. The maximum absolute atomic E-state index is 11.8. The van der Waals surface area contributed by atoms with Gasteiger partial charge in [-0.05, 0) is 68.1 Å². The molecule has 1 fully saturated rings. The molecule has 5 heteroatoms. The number of hydrogen-bond acceptors (Lipinski definition) is 5. The van der Waals surface area contributed by atoms with E-state index in [0.29, 0.717) is 38.2 Å². The van der Waals surface area contributed by atoms with Crippen molar-refractivity contribution in [1.82, 2.24) is 5.32 Å². The third-order valence-electron chi connectivity index (χ3n) is 6.50. The monoisotopic (exact) mass is 461 g/mol. The number of piperidine rings is 1. The van der Waals surface area contributed by atoms with E-state index < -0.39 is 11.7 Å². The van der Waals surface area contributed by atoms with Gasteiger partial charge in [0.1, 0.15) is 29.8 Å². The standard InChI is InChI=1S/C29H35NO4/c1-22-9-11-23(12-10-22)20-29(32)17-18-30-27(8-5-19-31)28(29)34-26-15-13-25(14-16-26)33-21-24-6-3-2-4-7-24/h2-4,6-7,9-16,27-28,30-32H,5,8,17-21H2,1H3. The van der Waals surface area contributed by atoms with E-state index in [4.69, 9.17) is 9.47 Å². The lowest BCUT2D eigenvalue weighted by Gasteiger charge is -2.45. The smallest absolute Gasteiger partial charge is 0.143 e. The van der Waals surface area contributed by atoms with E-state index in [1.165, 1.54) is 5.56 Å². The molecule has 3 N–H and O–H groups in total. The number of aliphatic hydroxyl groups excluding tert-OH is 1. The third-order valence-corrected chi connectivity index (χ3v) is 6.50. The van der Waals surface area contributed by atoms with Crippen molar-refractivity contribution in [3.05, 3.63) is 95.6 Å². The summed E-state index contributed by atoms with van der Waals surface area (Å²) in [6, 6.07) is 25.9. The van der Waals surface area contributed by atoms with Gasteiger partial charge in [-0.3, -0.25) is 0 Å². The zero-order valence-electron chi connectivity index (χ0n) is 19.8. The molecule has 0 aliphatic carbocycles. The van der Waals surface area contributed by atoms with E-state index in [0.717, 1.165) is 23.3 Å². The van der Waals surface area contributed by atoms with Gasteiger partial charge >= 0.3 is 0 Å². The fourth-order valence-corrected chi connectivity index (χ4v) is 4.60. The van der Waals surface area contributed by atoms with Crippen molar-refractivity contribution in [3.63, 3.8) is 0 Å². The summed E-state index contributed by atoms with van der Waals surface area (Å²) in [5.41, 5.74) is 2.39. The van der Waals surface area contributed by atoms with Crippen LogP contribution < -0.4 is 14.8 Å². The Kier molecular flexibility index (Phi) is 8.22. The summed E-state index contributed by atoms with van der Waals surface area (Å²) in [6.45, 7) is 3.40. The summed E-state index contributed by atoms with van der Waals surface area (Å²) in [5.74, 6) is 1.46. The largest absolute Gasteiger partial charge is 0.489 e. The minimum atomic E-state index is -1.01. The van der Waals surface area contributed by atoms with E-state index in [-0.39, 0.29) is 12.6 Å². The molecule has 3 aromatic carbocycles. The van der Waals surface area contributed by atoms with Gasteiger partial charge in [-0.25, -0.2) is 0 Å². The number of ether oxygens (including phenoxy) is 2. The average molecular weight is 462 g/mol. The van der Waals surface area contributed by atoms with E-state index in [9.17, 15) is 10.2 Å². The van der Waals surface area contributed by atoms with Crippen LogP contribution in [-0.2, 0) is 13.0 Å². The normalized spacial score (nSPS) is 22.3. The second-order valence-electron chi connectivity index (χ2n) is 9.23. The van der Waals surface area contributed by atoms with Crippen LogP contribution in [-0.4, -0.2) is 41.1 Å². The van der Waals surface area contributed by atoms with Crippen LogP contribution >= 0.6 is 0 Å². The third kappa shape index (κ3) is 6.38. The van der Waals surface area contributed by atoms with Crippen molar-refractivity contribution in [2.45, 2.75) is 57.0 Å². The molecule has 3 aromatic rings. The van der Waals surface area contributed by atoms with Gasteiger partial charge in [0.25, 0.3) is 0 Å². The molecule has 1 saturated heterocycles. The Morgan fingerprint density at radius 3 is 2.32 bits per heavy atom. The van der Waals surface area contributed by atoms with Crippen LogP contribution in [0.3, 0.4) is 0 Å². The molecule has 0 amide bonds. The topological polar surface area (TPSA) is 71.0 Å². The van der Waals surface area contributed by atoms with Crippen molar-refractivity contribution < 1.29 is 19.7 Å². The summed E-state index contributed by atoms with van der Waals surface area (Å²) in [4.78, 5) is 0. The minimum absolute atomic E-state index is 0.0506. The zero-order chi connectivity index (χ0) is 23.8. The number of rotatable bonds is 10. The van der Waals surface area contributed by atoms with Gasteiger partial charge in [0, 0.05) is 19.1 Å². The maximum atomic E-state index is 11.8. The summed E-state index contributed by atoms with van der Waals surface area (Å²) < 4.78 is 12.3. The molecule has 180 valence electrons. The second kappa shape index (κ2) is 11.5. The Morgan fingerprint density at radius 1 is 0.912 bits per heavy atom. The van der Waals surface area contributed by atoms with Crippen LogP contribution in [0.15, 0.2) is 78.9 Å². The maximum Gasteiger partial charge on any atom is 0.143 e. The number of nitrogens with one attached hydrogen (secondary N) is 1. The predicted octanol–water partition coefficient (Wildman–Crippen LogP) is 4.43. The molecule has 4 rings (SSSR count). The number of benzene rings is 3. The van der Waals surface area contributed by atoms with Crippen molar-refractivity contribution >= 4 is 0 Å². The molecular formula is C29H35NO4. The average Bonchev–Trinajstić information content (AvgIpc) is 2.86. The molecule has 3 atom stereocenters. The Balaban J connectivity index is 1.48. The predicted molar refractivity (Wildman–Crippen MR) is 134 cm³/mol. The van der Waals surface area contributed by atoms with E-state index in [2.05, 4.69) is 36.5 Å². The van der Waals surface area contributed by atoms with Crippen molar-refractivity contribution in [2.75, 3.05) is 13.2 Å². The number of hydrogen-bond donors (Lipinski definition) is 3. The van der Waals surface area contributed by atoms with Gasteiger partial charge in [0.15, 0.2) is 0 Å². The lowest BCUT2D eigenvalue weighted by Crippen LogP contribution is -2.63. The van der Waals surface area contributed by atoms with Crippen LogP contribution in [0.1, 0.15) is 36.0 Å². The van der Waals surface area contributed by atoms with E-state index in [1.807, 2.05) is 54.6 Å². The second-order valence-corrected chi connectivity index (χ2v) is 9.23. The fourth-order valence-electron chi connectivity index (χ4n) is 4.60. The van der Waals surface area contributed by atoms with Crippen molar-refractivity contribution in [1.29, 1.82) is 0 Å². The summed E-state index contributed by atoms with van der Waals surface area (Å²) in [6.07, 6.45) is 2.07. The summed E-state index contributed by atoms with van der Waals surface area (Å²) in [5, 5.41) is 24.7. The quantitative estimate of drug-likeness (QED) is 0.417. The molecule has 0 aromatic heterocycles. The summed E-state index contributed by atoms with van der Waals surface area (Å²) in [7, 11) is 0. The van der Waals surface area contributed by atoms with E-state index in [1.54, 1.807) is 0 Å². The summed E-state index contributed by atoms with van der Waals surface area (Å²) >= 11 is 0.